The molecule has 1 unspecified atom stereocenters. The minimum absolute atomic E-state index is 0.0235. The number of fused-ring (bicyclic) bond motifs is 1. The zero-order valence-electron chi connectivity index (χ0n) is 18.6. The smallest absolute Gasteiger partial charge is 0.238 e. The van der Waals surface area contributed by atoms with Crippen molar-refractivity contribution >= 4 is 39.0 Å². The van der Waals surface area contributed by atoms with Gasteiger partial charge in [-0.1, -0.05) is 17.7 Å². The molecule has 164 valence electrons. The summed E-state index contributed by atoms with van der Waals surface area (Å²) in [5.41, 5.74) is 9.46. The highest BCUT2D eigenvalue weighted by molar-refractivity contribution is 7.18. The van der Waals surface area contributed by atoms with E-state index in [1.54, 1.807) is 11.3 Å². The molecule has 1 atom stereocenters. The number of rotatable bonds is 5. The molecule has 1 saturated heterocycles. The third-order valence-electron chi connectivity index (χ3n) is 6.10. The van der Waals surface area contributed by atoms with E-state index in [2.05, 4.69) is 40.9 Å². The van der Waals surface area contributed by atoms with Crippen LogP contribution in [0.25, 0.3) is 10.2 Å². The molecule has 8 heteroatoms. The predicted molar refractivity (Wildman–Crippen MR) is 128 cm³/mol. The Bertz CT molecular complexity index is 1090. The molecule has 3 aromatic rings. The minimum atomic E-state index is 0.0235. The normalized spacial score (nSPS) is 16.5. The van der Waals surface area contributed by atoms with Gasteiger partial charge in [0.25, 0.3) is 0 Å². The quantitative estimate of drug-likeness (QED) is 0.634. The van der Waals surface area contributed by atoms with E-state index in [0.29, 0.717) is 12.4 Å². The van der Waals surface area contributed by atoms with Gasteiger partial charge < -0.3 is 11.1 Å². The molecule has 0 aliphatic carbocycles. The average Bonchev–Trinajstić information content (AvgIpc) is 3.03. The monoisotopic (exact) mass is 438 g/mol. The number of benzene rings is 1. The van der Waals surface area contributed by atoms with Crippen LogP contribution in [0.3, 0.4) is 0 Å². The topological polar surface area (TPSA) is 87.4 Å². The van der Waals surface area contributed by atoms with Gasteiger partial charge in [-0.3, -0.25) is 14.6 Å². The van der Waals surface area contributed by atoms with Crippen LogP contribution in [-0.2, 0) is 4.79 Å². The van der Waals surface area contributed by atoms with Gasteiger partial charge in [-0.05, 0) is 45.4 Å². The summed E-state index contributed by atoms with van der Waals surface area (Å²) in [5.74, 6) is 1.37. The molecule has 4 rings (SSSR count). The molecule has 1 aromatic carbocycles. The van der Waals surface area contributed by atoms with Crippen LogP contribution in [0, 0.1) is 20.8 Å². The van der Waals surface area contributed by atoms with Gasteiger partial charge in [0.05, 0.1) is 18.0 Å². The first-order chi connectivity index (χ1) is 14.8. The second-order valence-corrected chi connectivity index (χ2v) is 9.54. The van der Waals surface area contributed by atoms with E-state index in [0.717, 1.165) is 47.9 Å². The molecule has 1 fully saturated rings. The van der Waals surface area contributed by atoms with Crippen LogP contribution >= 0.6 is 11.3 Å². The Morgan fingerprint density at radius 3 is 2.48 bits per heavy atom. The third kappa shape index (κ3) is 4.71. The Hall–Kier alpha value is -2.55. The Morgan fingerprint density at radius 1 is 1.13 bits per heavy atom. The van der Waals surface area contributed by atoms with Gasteiger partial charge in [0.2, 0.25) is 5.91 Å². The van der Waals surface area contributed by atoms with Crippen LogP contribution in [0.1, 0.15) is 34.8 Å². The van der Waals surface area contributed by atoms with Gasteiger partial charge in [-0.2, -0.15) is 0 Å². The molecular formula is C23H30N6OS. The number of nitrogens with zero attached hydrogens (tertiary/aromatic N) is 4. The van der Waals surface area contributed by atoms with E-state index in [-0.39, 0.29) is 11.9 Å². The van der Waals surface area contributed by atoms with Crippen LogP contribution < -0.4 is 11.1 Å². The van der Waals surface area contributed by atoms with Crippen LogP contribution in [0.4, 0.5) is 11.5 Å². The van der Waals surface area contributed by atoms with Crippen molar-refractivity contribution in [1.29, 1.82) is 0 Å². The fraction of sp³-hybridized carbons (Fsp3) is 0.435. The summed E-state index contributed by atoms with van der Waals surface area (Å²) in [6.07, 6.45) is 0. The van der Waals surface area contributed by atoms with Crippen molar-refractivity contribution in [3.05, 3.63) is 46.1 Å². The Balaban J connectivity index is 1.34. The molecule has 0 saturated carbocycles. The lowest BCUT2D eigenvalue weighted by Gasteiger charge is -2.37. The van der Waals surface area contributed by atoms with Gasteiger partial charge >= 0.3 is 0 Å². The van der Waals surface area contributed by atoms with Crippen molar-refractivity contribution in [1.82, 2.24) is 19.8 Å². The van der Waals surface area contributed by atoms with Gasteiger partial charge in [-0.15, -0.1) is 11.3 Å². The molecule has 3 N–H and O–H groups in total. The summed E-state index contributed by atoms with van der Waals surface area (Å²) in [6, 6.07) is 7.96. The van der Waals surface area contributed by atoms with E-state index in [1.807, 2.05) is 31.2 Å². The molecule has 0 spiro atoms. The van der Waals surface area contributed by atoms with Crippen molar-refractivity contribution < 1.29 is 4.79 Å². The highest BCUT2D eigenvalue weighted by atomic mass is 32.1. The number of carbonyl (C=O) groups excluding carboxylic acids is 1. The highest BCUT2D eigenvalue weighted by Gasteiger charge is 2.26. The summed E-state index contributed by atoms with van der Waals surface area (Å²) >= 11 is 1.68. The standard InChI is InChI=1S/C23H30N6OS/c1-14-5-7-18(8-6-14)25-19(30)13-28-9-11-29(12-10-28)16(3)22-26-21(24)20-15(2)17(4)31-23(20)27-22/h5-8,16H,9-13H2,1-4H3,(H,25,30)(H2,24,26,27). The van der Waals surface area contributed by atoms with Gasteiger partial charge in [0.1, 0.15) is 16.5 Å². The first-order valence-electron chi connectivity index (χ1n) is 10.7. The summed E-state index contributed by atoms with van der Waals surface area (Å²) < 4.78 is 0. The first-order valence-corrected chi connectivity index (χ1v) is 11.5. The molecule has 3 heterocycles. The van der Waals surface area contributed by atoms with Crippen LogP contribution in [0.2, 0.25) is 0 Å². The number of piperazine rings is 1. The second kappa shape index (κ2) is 8.90. The molecule has 0 radical (unpaired) electrons. The Kier molecular flexibility index (Phi) is 6.22. The lowest BCUT2D eigenvalue weighted by Crippen LogP contribution is -2.49. The first kappa shape index (κ1) is 21.7. The highest BCUT2D eigenvalue weighted by Crippen LogP contribution is 2.33. The molecule has 31 heavy (non-hydrogen) atoms. The van der Waals surface area contributed by atoms with Crippen molar-refractivity contribution in [2.75, 3.05) is 43.8 Å². The number of thiophene rings is 1. The van der Waals surface area contributed by atoms with Crippen molar-refractivity contribution in [3.63, 3.8) is 0 Å². The number of nitrogens with two attached hydrogens (primary N) is 1. The fourth-order valence-corrected chi connectivity index (χ4v) is 5.04. The molecule has 7 nitrogen and oxygen atoms in total. The van der Waals surface area contributed by atoms with Crippen LogP contribution in [0.5, 0.6) is 0 Å². The zero-order chi connectivity index (χ0) is 22.1. The lowest BCUT2D eigenvalue weighted by atomic mass is 10.2. The number of carbonyl (C=O) groups is 1. The number of anilines is 2. The minimum Gasteiger partial charge on any atom is -0.383 e. The summed E-state index contributed by atoms with van der Waals surface area (Å²) in [5, 5.41) is 3.97. The number of aryl methyl sites for hydroxylation is 3. The summed E-state index contributed by atoms with van der Waals surface area (Å²) in [6.45, 7) is 12.1. The van der Waals surface area contributed by atoms with Crippen molar-refractivity contribution in [2.24, 2.45) is 0 Å². The zero-order valence-corrected chi connectivity index (χ0v) is 19.4. The number of hydrogen-bond donors (Lipinski definition) is 2. The molecular weight excluding hydrogens is 408 g/mol. The van der Waals surface area contributed by atoms with E-state index in [1.165, 1.54) is 16.0 Å². The van der Waals surface area contributed by atoms with E-state index < -0.39 is 0 Å². The molecule has 2 aromatic heterocycles. The van der Waals surface area contributed by atoms with E-state index in [9.17, 15) is 4.79 Å². The average molecular weight is 439 g/mol. The summed E-state index contributed by atoms with van der Waals surface area (Å²) in [4.78, 5) is 28.6. The maximum absolute atomic E-state index is 12.4. The van der Waals surface area contributed by atoms with Gasteiger partial charge in [0, 0.05) is 36.7 Å². The SMILES string of the molecule is Cc1ccc(NC(=O)CN2CCN(C(C)c3nc(N)c4c(C)c(C)sc4n3)CC2)cc1. The van der Waals surface area contributed by atoms with Crippen molar-refractivity contribution in [3.8, 4) is 0 Å². The van der Waals surface area contributed by atoms with E-state index >= 15 is 0 Å². The molecule has 1 aliphatic heterocycles. The number of hydrogen-bond acceptors (Lipinski definition) is 7. The molecule has 1 aliphatic rings. The van der Waals surface area contributed by atoms with Crippen molar-refractivity contribution in [2.45, 2.75) is 33.7 Å². The van der Waals surface area contributed by atoms with Crippen LogP contribution in [0.15, 0.2) is 24.3 Å². The number of nitrogens with one attached hydrogen (secondary N) is 1. The van der Waals surface area contributed by atoms with E-state index in [4.69, 9.17) is 10.7 Å². The predicted octanol–water partition coefficient (Wildman–Crippen LogP) is 3.52. The number of nitrogen functional groups attached to an aromatic ring is 1. The number of amides is 1. The maximum atomic E-state index is 12.4. The lowest BCUT2D eigenvalue weighted by molar-refractivity contribution is -0.117. The Labute approximate surface area is 187 Å². The number of aromatic nitrogens is 2. The van der Waals surface area contributed by atoms with Gasteiger partial charge in [-0.25, -0.2) is 9.97 Å². The fourth-order valence-electron chi connectivity index (χ4n) is 4.00. The maximum Gasteiger partial charge on any atom is 0.238 e. The van der Waals surface area contributed by atoms with Crippen LogP contribution in [-0.4, -0.2) is 58.4 Å². The summed E-state index contributed by atoms with van der Waals surface area (Å²) in [7, 11) is 0. The Morgan fingerprint density at radius 2 is 1.81 bits per heavy atom. The second-order valence-electron chi connectivity index (χ2n) is 8.33. The molecule has 1 amide bonds. The molecule has 0 bridgehead atoms. The third-order valence-corrected chi connectivity index (χ3v) is 7.21. The van der Waals surface area contributed by atoms with Gasteiger partial charge in [0.15, 0.2) is 0 Å². The largest absolute Gasteiger partial charge is 0.383 e.